The first-order chi connectivity index (χ1) is 9.95. The summed E-state index contributed by atoms with van der Waals surface area (Å²) in [6, 6.07) is 4.76. The van der Waals surface area contributed by atoms with E-state index in [2.05, 4.69) is 22.6 Å². The Hall–Kier alpha value is -2.08. The number of aromatic carboxylic acids is 1. The van der Waals surface area contributed by atoms with Crippen molar-refractivity contribution >= 4 is 17.7 Å². The van der Waals surface area contributed by atoms with Crippen molar-refractivity contribution < 1.29 is 14.7 Å². The zero-order chi connectivity index (χ0) is 15.4. The quantitative estimate of drug-likeness (QED) is 0.794. The van der Waals surface area contributed by atoms with E-state index in [1.807, 2.05) is 0 Å². The van der Waals surface area contributed by atoms with E-state index in [0.29, 0.717) is 11.3 Å². The number of carboxylic acids is 1. The minimum absolute atomic E-state index is 0.172. The summed E-state index contributed by atoms with van der Waals surface area (Å²) in [5.74, 6) is -0.994. The molecule has 2 rings (SSSR count). The van der Waals surface area contributed by atoms with Gasteiger partial charge in [0.1, 0.15) is 0 Å². The van der Waals surface area contributed by atoms with Crippen LogP contribution in [0.25, 0.3) is 0 Å². The van der Waals surface area contributed by atoms with Gasteiger partial charge < -0.3 is 20.6 Å². The minimum atomic E-state index is -0.994. The van der Waals surface area contributed by atoms with Crippen molar-refractivity contribution in [1.82, 2.24) is 10.2 Å². The van der Waals surface area contributed by atoms with Crippen LogP contribution in [0.5, 0.6) is 0 Å². The summed E-state index contributed by atoms with van der Waals surface area (Å²) in [4.78, 5) is 25.3. The number of rotatable bonds is 3. The lowest BCUT2D eigenvalue weighted by Gasteiger charge is -2.29. The van der Waals surface area contributed by atoms with E-state index >= 15 is 0 Å². The molecule has 6 nitrogen and oxygen atoms in total. The van der Waals surface area contributed by atoms with Crippen LogP contribution in [0.2, 0.25) is 0 Å². The highest BCUT2D eigenvalue weighted by Crippen LogP contribution is 2.15. The Bertz CT molecular complexity index is 537. The van der Waals surface area contributed by atoms with E-state index in [-0.39, 0.29) is 17.6 Å². The van der Waals surface area contributed by atoms with E-state index in [0.717, 1.165) is 25.9 Å². The van der Waals surface area contributed by atoms with Gasteiger partial charge in [0.15, 0.2) is 0 Å². The number of piperidine rings is 1. The summed E-state index contributed by atoms with van der Waals surface area (Å²) in [6.07, 6.45) is 1.86. The van der Waals surface area contributed by atoms with Gasteiger partial charge in [-0.05, 0) is 57.6 Å². The molecular weight excluding hydrogens is 270 g/mol. The fourth-order valence-corrected chi connectivity index (χ4v) is 2.44. The number of carbonyl (C=O) groups is 2. The van der Waals surface area contributed by atoms with Crippen molar-refractivity contribution in [2.75, 3.05) is 25.5 Å². The number of carboxylic acid groups (broad SMARTS) is 1. The second kappa shape index (κ2) is 6.58. The van der Waals surface area contributed by atoms with Gasteiger partial charge in [-0.25, -0.2) is 9.59 Å². The summed E-state index contributed by atoms with van der Waals surface area (Å²) < 4.78 is 0. The summed E-state index contributed by atoms with van der Waals surface area (Å²) in [5.41, 5.74) is 1.36. The number of hydrogen-bond donors (Lipinski definition) is 3. The van der Waals surface area contributed by atoms with Crippen LogP contribution in [0.3, 0.4) is 0 Å². The molecular formula is C15H21N3O3. The second-order valence-electron chi connectivity index (χ2n) is 5.51. The van der Waals surface area contributed by atoms with E-state index < -0.39 is 5.97 Å². The number of aryl methyl sites for hydroxylation is 1. The summed E-state index contributed by atoms with van der Waals surface area (Å²) >= 11 is 0. The molecule has 1 fully saturated rings. The lowest BCUT2D eigenvalue weighted by Crippen LogP contribution is -2.44. The largest absolute Gasteiger partial charge is 0.478 e. The van der Waals surface area contributed by atoms with Crippen molar-refractivity contribution in [2.24, 2.45) is 0 Å². The van der Waals surface area contributed by atoms with Crippen LogP contribution in [0.4, 0.5) is 10.5 Å². The maximum absolute atomic E-state index is 11.9. The van der Waals surface area contributed by atoms with Crippen molar-refractivity contribution in [1.29, 1.82) is 0 Å². The average Bonchev–Trinajstić information content (AvgIpc) is 2.43. The first-order valence-electron chi connectivity index (χ1n) is 7.05. The van der Waals surface area contributed by atoms with Gasteiger partial charge in [-0.3, -0.25) is 0 Å². The number of hydrogen-bond acceptors (Lipinski definition) is 3. The molecule has 0 aliphatic carbocycles. The molecule has 0 saturated carbocycles. The molecule has 1 aliphatic heterocycles. The van der Waals surface area contributed by atoms with Crippen LogP contribution in [0.1, 0.15) is 28.8 Å². The first-order valence-corrected chi connectivity index (χ1v) is 7.05. The van der Waals surface area contributed by atoms with Crippen LogP contribution >= 0.6 is 0 Å². The number of benzene rings is 1. The molecule has 6 heteroatoms. The highest BCUT2D eigenvalue weighted by Gasteiger charge is 2.18. The van der Waals surface area contributed by atoms with Gasteiger partial charge >= 0.3 is 12.0 Å². The number of amides is 2. The van der Waals surface area contributed by atoms with E-state index in [1.54, 1.807) is 19.1 Å². The van der Waals surface area contributed by atoms with Crippen LogP contribution in [-0.2, 0) is 0 Å². The monoisotopic (exact) mass is 291 g/mol. The third kappa shape index (κ3) is 4.19. The number of carbonyl (C=O) groups excluding carboxylic acids is 1. The molecule has 0 unspecified atom stereocenters. The topological polar surface area (TPSA) is 81.7 Å². The average molecular weight is 291 g/mol. The molecule has 114 valence electrons. The van der Waals surface area contributed by atoms with Crippen molar-refractivity contribution in [3.05, 3.63) is 29.3 Å². The predicted molar refractivity (Wildman–Crippen MR) is 80.8 cm³/mol. The molecule has 3 N–H and O–H groups in total. The second-order valence-corrected chi connectivity index (χ2v) is 5.51. The van der Waals surface area contributed by atoms with Gasteiger partial charge in [-0.15, -0.1) is 0 Å². The van der Waals surface area contributed by atoms with E-state index in [9.17, 15) is 9.59 Å². The predicted octanol–water partition coefficient (Wildman–Crippen LogP) is 1.91. The number of anilines is 1. The smallest absolute Gasteiger partial charge is 0.336 e. The lowest BCUT2D eigenvalue weighted by atomic mass is 10.1. The standard InChI is InChI=1S/C15H21N3O3/c1-10-3-4-12(9-13(10)14(19)20)17-15(21)16-11-5-7-18(2)8-6-11/h3-4,9,11H,5-8H2,1-2H3,(H,19,20)(H2,16,17,21). The van der Waals surface area contributed by atoms with Crippen molar-refractivity contribution in [3.8, 4) is 0 Å². The van der Waals surface area contributed by atoms with Gasteiger partial charge in [0, 0.05) is 11.7 Å². The van der Waals surface area contributed by atoms with Crippen LogP contribution < -0.4 is 10.6 Å². The third-order valence-corrected chi connectivity index (χ3v) is 3.78. The Kier molecular flexibility index (Phi) is 4.80. The summed E-state index contributed by atoms with van der Waals surface area (Å²) in [6.45, 7) is 3.67. The van der Waals surface area contributed by atoms with Crippen molar-refractivity contribution in [2.45, 2.75) is 25.8 Å². The maximum Gasteiger partial charge on any atom is 0.336 e. The molecule has 1 aromatic rings. The number of urea groups is 1. The molecule has 1 saturated heterocycles. The SMILES string of the molecule is Cc1ccc(NC(=O)NC2CCN(C)CC2)cc1C(=O)O. The van der Waals surface area contributed by atoms with Gasteiger partial charge in [0.2, 0.25) is 0 Å². The van der Waals surface area contributed by atoms with E-state index in [1.165, 1.54) is 6.07 Å². The Labute approximate surface area is 124 Å². The molecule has 2 amide bonds. The first kappa shape index (κ1) is 15.3. The minimum Gasteiger partial charge on any atom is -0.478 e. The normalized spacial score (nSPS) is 16.5. The number of likely N-dealkylation sites (tertiary alicyclic amines) is 1. The van der Waals surface area contributed by atoms with Gasteiger partial charge in [-0.2, -0.15) is 0 Å². The fourth-order valence-electron chi connectivity index (χ4n) is 2.44. The Balaban J connectivity index is 1.93. The maximum atomic E-state index is 11.9. The summed E-state index contributed by atoms with van der Waals surface area (Å²) in [7, 11) is 2.07. The highest BCUT2D eigenvalue weighted by atomic mass is 16.4. The Morgan fingerprint density at radius 2 is 1.95 bits per heavy atom. The van der Waals surface area contributed by atoms with Gasteiger partial charge in [-0.1, -0.05) is 6.07 Å². The number of nitrogens with one attached hydrogen (secondary N) is 2. The number of nitrogens with zero attached hydrogens (tertiary/aromatic N) is 1. The Morgan fingerprint density at radius 1 is 1.29 bits per heavy atom. The van der Waals surface area contributed by atoms with Crippen molar-refractivity contribution in [3.63, 3.8) is 0 Å². The van der Waals surface area contributed by atoms with Gasteiger partial charge in [0.25, 0.3) is 0 Å². The molecule has 1 heterocycles. The molecule has 1 aromatic carbocycles. The highest BCUT2D eigenvalue weighted by molar-refractivity contribution is 5.94. The van der Waals surface area contributed by atoms with Gasteiger partial charge in [0.05, 0.1) is 5.56 Å². The summed E-state index contributed by atoms with van der Waals surface area (Å²) in [5, 5.41) is 14.7. The molecule has 0 radical (unpaired) electrons. The van der Waals surface area contributed by atoms with Crippen LogP contribution in [0, 0.1) is 6.92 Å². The lowest BCUT2D eigenvalue weighted by molar-refractivity contribution is 0.0696. The zero-order valence-corrected chi connectivity index (χ0v) is 12.3. The van der Waals surface area contributed by atoms with E-state index in [4.69, 9.17) is 5.11 Å². The van der Waals surface area contributed by atoms with Crippen LogP contribution in [-0.4, -0.2) is 48.2 Å². The third-order valence-electron chi connectivity index (χ3n) is 3.78. The molecule has 0 aromatic heterocycles. The molecule has 0 atom stereocenters. The molecule has 0 spiro atoms. The molecule has 21 heavy (non-hydrogen) atoms. The molecule has 0 bridgehead atoms. The zero-order valence-electron chi connectivity index (χ0n) is 12.3. The molecule has 1 aliphatic rings. The Morgan fingerprint density at radius 3 is 2.57 bits per heavy atom. The fraction of sp³-hybridized carbons (Fsp3) is 0.467. The van der Waals surface area contributed by atoms with Crippen LogP contribution in [0.15, 0.2) is 18.2 Å².